The van der Waals surface area contributed by atoms with E-state index in [0.717, 1.165) is 22.9 Å². The van der Waals surface area contributed by atoms with Crippen molar-refractivity contribution in [3.05, 3.63) is 106 Å². The van der Waals surface area contributed by atoms with Gasteiger partial charge in [0.2, 0.25) is 0 Å². The van der Waals surface area contributed by atoms with Crippen LogP contribution in [-0.2, 0) is 36.8 Å². The van der Waals surface area contributed by atoms with Crippen LogP contribution in [0.25, 0.3) is 11.1 Å². The summed E-state index contributed by atoms with van der Waals surface area (Å²) in [5.41, 5.74) is 5.02. The minimum Gasteiger partial charge on any atom is -0.393 e. The van der Waals surface area contributed by atoms with Crippen LogP contribution in [0.1, 0.15) is 57.3 Å². The zero-order valence-corrected chi connectivity index (χ0v) is 23.0. The van der Waals surface area contributed by atoms with Crippen LogP contribution in [0.3, 0.4) is 0 Å². The number of hydrogen-bond donors (Lipinski definition) is 2. The minimum absolute atomic E-state index is 0.0918. The number of pyridine rings is 1. The molecule has 2 heterocycles. The van der Waals surface area contributed by atoms with Gasteiger partial charge in [-0.15, -0.1) is 0 Å². The zero-order chi connectivity index (χ0) is 31.8. The van der Waals surface area contributed by atoms with Gasteiger partial charge in [0.15, 0.2) is 11.5 Å². The molecule has 0 fully saturated rings. The first-order chi connectivity index (χ1) is 20.8. The van der Waals surface area contributed by atoms with Crippen molar-refractivity contribution in [1.29, 1.82) is 0 Å². The van der Waals surface area contributed by atoms with E-state index in [1.165, 1.54) is 18.3 Å². The molecule has 0 radical (unpaired) electrons. The fourth-order valence-electron chi connectivity index (χ4n) is 5.68. The Balaban J connectivity index is 1.52. The molecule has 4 aromatic rings. The predicted octanol–water partition coefficient (Wildman–Crippen LogP) is 5.32. The molecule has 7 nitrogen and oxygen atoms in total. The highest BCUT2D eigenvalue weighted by Crippen LogP contribution is 2.37. The molecule has 1 amide bonds. The molecule has 0 saturated carbocycles. The number of hydrogen-bond acceptors (Lipinski definition) is 5. The molecular formula is C31H26F6N4O3. The van der Waals surface area contributed by atoms with Crippen LogP contribution in [-0.4, -0.2) is 37.7 Å². The van der Waals surface area contributed by atoms with Gasteiger partial charge in [-0.1, -0.05) is 12.1 Å². The summed E-state index contributed by atoms with van der Waals surface area (Å²) in [6.45, 7) is -0.521. The largest absolute Gasteiger partial charge is 0.435 e. The lowest BCUT2D eigenvalue weighted by Crippen LogP contribution is -2.23. The van der Waals surface area contributed by atoms with Gasteiger partial charge < -0.3 is 10.8 Å². The van der Waals surface area contributed by atoms with Gasteiger partial charge in [0.05, 0.1) is 23.9 Å². The van der Waals surface area contributed by atoms with E-state index in [4.69, 9.17) is 5.73 Å². The molecule has 0 saturated heterocycles. The highest BCUT2D eigenvalue weighted by Gasteiger charge is 2.41. The van der Waals surface area contributed by atoms with E-state index < -0.39 is 59.6 Å². The Labute approximate surface area is 247 Å². The number of carbonyl (C=O) groups is 2. The second-order valence-corrected chi connectivity index (χ2v) is 10.7. The van der Waals surface area contributed by atoms with Gasteiger partial charge in [-0.05, 0) is 60.7 Å². The summed E-state index contributed by atoms with van der Waals surface area (Å²) in [6, 6.07) is 9.70. The second kappa shape index (κ2) is 12.2. The van der Waals surface area contributed by atoms with Crippen molar-refractivity contribution in [2.45, 2.75) is 56.8 Å². The summed E-state index contributed by atoms with van der Waals surface area (Å²) >= 11 is 0. The van der Waals surface area contributed by atoms with Crippen molar-refractivity contribution in [2.24, 2.45) is 5.73 Å². The van der Waals surface area contributed by atoms with E-state index in [9.17, 15) is 41.0 Å². The summed E-state index contributed by atoms with van der Waals surface area (Å²) in [5, 5.41) is 13.7. The number of amides is 1. The van der Waals surface area contributed by atoms with Gasteiger partial charge in [0, 0.05) is 47.8 Å². The molecule has 0 bridgehead atoms. The Bertz CT molecular complexity index is 1720. The number of ketones is 1. The van der Waals surface area contributed by atoms with Crippen molar-refractivity contribution in [2.75, 3.05) is 0 Å². The fourth-order valence-corrected chi connectivity index (χ4v) is 5.68. The van der Waals surface area contributed by atoms with Crippen LogP contribution in [0, 0.1) is 17.5 Å². The molecule has 44 heavy (non-hydrogen) atoms. The van der Waals surface area contributed by atoms with E-state index in [1.54, 1.807) is 12.1 Å². The first-order valence-corrected chi connectivity index (χ1v) is 13.6. The third kappa shape index (κ3) is 6.67. The van der Waals surface area contributed by atoms with Crippen LogP contribution in [0.4, 0.5) is 26.3 Å². The summed E-state index contributed by atoms with van der Waals surface area (Å²) in [4.78, 5) is 29.7. The summed E-state index contributed by atoms with van der Waals surface area (Å²) in [6.07, 6.45) is -4.68. The van der Waals surface area contributed by atoms with Crippen molar-refractivity contribution in [3.63, 3.8) is 0 Å². The molecule has 1 aliphatic rings. The standard InChI is InChI=1S/C31H26F6N4O3/c32-19-9-16(10-20(33)13-19)8-18(28-23(2-1-7-39-28)17-3-5-26(34)24(12-17)30(38)44)11-22(43)15-41-27-6-4-21(42)14-25(27)29(40-41)31(35,36)37/h1-3,5,7,9-10,12-13,18,21,42H,4,6,8,11,14-15H2,(H2,38,44)/t18-,21?/m1/s1. The van der Waals surface area contributed by atoms with Crippen LogP contribution in [0.15, 0.2) is 54.7 Å². The Morgan fingerprint density at radius 3 is 2.48 bits per heavy atom. The molecule has 0 aliphatic heterocycles. The van der Waals surface area contributed by atoms with E-state index in [0.29, 0.717) is 17.2 Å². The van der Waals surface area contributed by atoms with E-state index in [2.05, 4.69) is 10.1 Å². The average molecular weight is 617 g/mol. The number of benzene rings is 2. The lowest BCUT2D eigenvalue weighted by atomic mass is 9.86. The van der Waals surface area contributed by atoms with Crippen LogP contribution >= 0.6 is 0 Å². The molecule has 1 aliphatic carbocycles. The Kier molecular flexibility index (Phi) is 8.60. The lowest BCUT2D eigenvalue weighted by Gasteiger charge is -2.21. The Morgan fingerprint density at radius 1 is 1.07 bits per heavy atom. The van der Waals surface area contributed by atoms with Gasteiger partial charge in [0.25, 0.3) is 5.91 Å². The van der Waals surface area contributed by atoms with Crippen molar-refractivity contribution < 1.29 is 41.0 Å². The molecule has 3 N–H and O–H groups in total. The summed E-state index contributed by atoms with van der Waals surface area (Å²) in [5.74, 6) is -4.93. The third-order valence-electron chi connectivity index (χ3n) is 7.56. The number of aliphatic hydroxyl groups is 1. The second-order valence-electron chi connectivity index (χ2n) is 10.7. The molecule has 13 heteroatoms. The van der Waals surface area contributed by atoms with E-state index >= 15 is 0 Å². The van der Waals surface area contributed by atoms with Gasteiger partial charge in [-0.2, -0.15) is 18.3 Å². The number of aliphatic hydroxyl groups excluding tert-OH is 1. The average Bonchev–Trinajstić information content (AvgIpc) is 3.30. The first-order valence-electron chi connectivity index (χ1n) is 13.6. The van der Waals surface area contributed by atoms with E-state index in [1.807, 2.05) is 0 Å². The van der Waals surface area contributed by atoms with Crippen LogP contribution in [0.2, 0.25) is 0 Å². The zero-order valence-electron chi connectivity index (χ0n) is 23.0. The number of alkyl halides is 3. The number of primary amides is 1. The van der Waals surface area contributed by atoms with Gasteiger partial charge in [0.1, 0.15) is 17.5 Å². The third-order valence-corrected chi connectivity index (χ3v) is 7.56. The molecule has 1 unspecified atom stereocenters. The van der Waals surface area contributed by atoms with Gasteiger partial charge in [-0.3, -0.25) is 19.3 Å². The number of nitrogens with zero attached hydrogens (tertiary/aromatic N) is 3. The quantitative estimate of drug-likeness (QED) is 0.248. The fraction of sp³-hybridized carbons (Fsp3) is 0.290. The SMILES string of the molecule is NC(=O)c1cc(-c2cccnc2[C@@H](CC(=O)Cn2nc(C(F)(F)F)c3c2CCC(O)C3)Cc2cc(F)cc(F)c2)ccc1F. The van der Waals surface area contributed by atoms with E-state index in [-0.39, 0.29) is 60.2 Å². The Hall–Kier alpha value is -4.52. The number of Topliss-reactive ketones (excluding diaryl/α,β-unsaturated/α-hetero) is 1. The highest BCUT2D eigenvalue weighted by molar-refractivity contribution is 5.94. The monoisotopic (exact) mass is 616 g/mol. The maximum absolute atomic E-state index is 14.2. The van der Waals surface area contributed by atoms with Crippen LogP contribution < -0.4 is 5.73 Å². The van der Waals surface area contributed by atoms with Crippen molar-refractivity contribution in [1.82, 2.24) is 14.8 Å². The lowest BCUT2D eigenvalue weighted by molar-refractivity contribution is -0.142. The molecule has 2 aromatic carbocycles. The first kappa shape index (κ1) is 30.9. The number of halogens is 6. The van der Waals surface area contributed by atoms with Gasteiger partial charge >= 0.3 is 6.18 Å². The number of nitrogens with two attached hydrogens (primary N) is 1. The molecule has 230 valence electrons. The predicted molar refractivity (Wildman–Crippen MR) is 146 cm³/mol. The number of carbonyl (C=O) groups excluding carboxylic acids is 2. The molecular weight excluding hydrogens is 590 g/mol. The molecule has 5 rings (SSSR count). The van der Waals surface area contributed by atoms with Gasteiger partial charge in [-0.25, -0.2) is 13.2 Å². The Morgan fingerprint density at radius 2 is 1.80 bits per heavy atom. The maximum Gasteiger partial charge on any atom is 0.435 e. The molecule has 2 aromatic heterocycles. The molecule has 2 atom stereocenters. The molecule has 0 spiro atoms. The topological polar surface area (TPSA) is 111 Å². The van der Waals surface area contributed by atoms with Crippen molar-refractivity contribution in [3.8, 4) is 11.1 Å². The maximum atomic E-state index is 14.2. The summed E-state index contributed by atoms with van der Waals surface area (Å²) < 4.78 is 84.6. The minimum atomic E-state index is -4.79. The number of fused-ring (bicyclic) bond motifs is 1. The number of rotatable bonds is 9. The summed E-state index contributed by atoms with van der Waals surface area (Å²) in [7, 11) is 0. The highest BCUT2D eigenvalue weighted by atomic mass is 19.4. The number of aromatic nitrogens is 3. The smallest absolute Gasteiger partial charge is 0.393 e. The van der Waals surface area contributed by atoms with Crippen molar-refractivity contribution >= 4 is 11.7 Å². The normalized spacial score (nSPS) is 15.6. The van der Waals surface area contributed by atoms with Crippen LogP contribution in [0.5, 0.6) is 0 Å².